The molecule has 4 rings (SSSR count). The van der Waals surface area contributed by atoms with E-state index in [1.807, 2.05) is 49.4 Å². The number of aryl methyl sites for hydroxylation is 1. The average molecular weight is 594 g/mol. The molecule has 0 saturated heterocycles. The van der Waals surface area contributed by atoms with Crippen LogP contribution in [0.3, 0.4) is 0 Å². The Morgan fingerprint density at radius 3 is 2.41 bits per heavy atom. The molecule has 2 aromatic carbocycles. The third-order valence-corrected chi connectivity index (χ3v) is 7.96. The summed E-state index contributed by atoms with van der Waals surface area (Å²) in [5.41, 5.74) is 7.67. The zero-order valence-electron chi connectivity index (χ0n) is 24.2. The standard InChI is InChI=1S/C29H28ClN.C6H10O2S.Na/c1-5-24(28(6-2)21(3)4)12-8-11-22-9-7-10-23(19-22)13-17-27-18-15-25-14-16-26(30)20-29(25)31-27;7-5(8)3-6(4-9)1-2-6;/h5-7,9-10,13-20H,1-3,8,11-12H2,4H3;9H,1-4H2,(H,7,8);/q;;+1/p-1/b17-13+,28-24-;;. The SMILES string of the molecule is C=C/C(CCCc1cccc(/C=C/c2ccc3ccc(Cl)cc3n2)c1)=C(\C=C)C(=C)C.O=C([O-])CC1(CS)CC1.[Na+]. The second kappa shape index (κ2) is 16.9. The number of aromatic nitrogens is 1. The Labute approximate surface area is 277 Å². The van der Waals surface area contributed by atoms with E-state index >= 15 is 0 Å². The minimum absolute atomic E-state index is 0. The van der Waals surface area contributed by atoms with Crippen LogP contribution in [-0.2, 0) is 11.2 Å². The van der Waals surface area contributed by atoms with Crippen LogP contribution in [0.2, 0.25) is 5.02 Å². The number of carbonyl (C=O) groups excluding carboxylic acids is 1. The van der Waals surface area contributed by atoms with Crippen LogP contribution in [0.5, 0.6) is 0 Å². The number of rotatable bonds is 12. The summed E-state index contributed by atoms with van der Waals surface area (Å²) < 4.78 is 0. The van der Waals surface area contributed by atoms with Gasteiger partial charge >= 0.3 is 29.6 Å². The number of carboxylic acid groups (broad SMARTS) is 1. The van der Waals surface area contributed by atoms with Crippen LogP contribution >= 0.6 is 24.2 Å². The second-order valence-corrected chi connectivity index (χ2v) is 11.1. The average Bonchev–Trinajstić information content (AvgIpc) is 3.70. The van der Waals surface area contributed by atoms with Gasteiger partial charge < -0.3 is 9.90 Å². The van der Waals surface area contributed by atoms with Crippen molar-refractivity contribution in [2.24, 2.45) is 5.41 Å². The summed E-state index contributed by atoms with van der Waals surface area (Å²) >= 11 is 10.1. The number of nitrogens with zero attached hydrogens (tertiary/aromatic N) is 1. The van der Waals surface area contributed by atoms with Crippen LogP contribution in [0.4, 0.5) is 0 Å². The Morgan fingerprint density at radius 1 is 1.10 bits per heavy atom. The third-order valence-electron chi connectivity index (χ3n) is 7.05. The number of hydrogen-bond donors (Lipinski definition) is 1. The van der Waals surface area contributed by atoms with Gasteiger partial charge in [0.1, 0.15) is 0 Å². The number of pyridine rings is 1. The molecule has 3 nitrogen and oxygen atoms in total. The number of fused-ring (bicyclic) bond motifs is 1. The van der Waals surface area contributed by atoms with E-state index < -0.39 is 5.97 Å². The van der Waals surface area contributed by atoms with Gasteiger partial charge in [-0.3, -0.25) is 0 Å². The summed E-state index contributed by atoms with van der Waals surface area (Å²) in [7, 11) is 0. The molecule has 0 aliphatic heterocycles. The van der Waals surface area contributed by atoms with Crippen molar-refractivity contribution < 1.29 is 39.5 Å². The molecule has 1 aliphatic carbocycles. The molecule has 6 heteroatoms. The van der Waals surface area contributed by atoms with Crippen molar-refractivity contribution in [3.8, 4) is 0 Å². The minimum Gasteiger partial charge on any atom is -0.550 e. The fraction of sp³-hybridized carbons (Fsp3) is 0.257. The predicted octanol–water partition coefficient (Wildman–Crippen LogP) is 5.47. The van der Waals surface area contributed by atoms with Crippen LogP contribution in [-0.4, -0.2) is 16.7 Å². The fourth-order valence-electron chi connectivity index (χ4n) is 4.52. The van der Waals surface area contributed by atoms with Crippen LogP contribution < -0.4 is 34.7 Å². The van der Waals surface area contributed by atoms with E-state index in [2.05, 4.69) is 73.8 Å². The van der Waals surface area contributed by atoms with Crippen molar-refractivity contribution in [2.75, 3.05) is 5.75 Å². The van der Waals surface area contributed by atoms with Crippen LogP contribution in [0.1, 0.15) is 55.8 Å². The molecule has 1 heterocycles. The largest absolute Gasteiger partial charge is 1.00 e. The Morgan fingerprint density at radius 2 is 1.83 bits per heavy atom. The number of allylic oxidation sites excluding steroid dienone is 5. The minimum atomic E-state index is -0.943. The van der Waals surface area contributed by atoms with Gasteiger partial charge in [-0.25, -0.2) is 4.98 Å². The number of thiol groups is 1. The maximum atomic E-state index is 10.1. The van der Waals surface area contributed by atoms with Crippen LogP contribution in [0, 0.1) is 5.41 Å². The van der Waals surface area contributed by atoms with Crippen molar-refractivity contribution >= 4 is 53.3 Å². The molecule has 208 valence electrons. The maximum Gasteiger partial charge on any atom is 1.00 e. The summed E-state index contributed by atoms with van der Waals surface area (Å²) in [5.74, 6) is -0.261. The van der Waals surface area contributed by atoms with E-state index in [0.29, 0.717) is 10.8 Å². The molecule has 1 saturated carbocycles. The first-order valence-corrected chi connectivity index (χ1v) is 14.5. The number of carboxylic acids is 1. The molecule has 0 unspecified atom stereocenters. The fourth-order valence-corrected chi connectivity index (χ4v) is 5.11. The first-order chi connectivity index (χ1) is 19.2. The third kappa shape index (κ3) is 11.1. The van der Waals surface area contributed by atoms with E-state index in [0.717, 1.165) is 59.8 Å². The number of carbonyl (C=O) groups is 1. The van der Waals surface area contributed by atoms with Gasteiger partial charge in [0.05, 0.1) is 11.2 Å². The molecule has 0 radical (unpaired) electrons. The summed E-state index contributed by atoms with van der Waals surface area (Å²) in [6.45, 7) is 13.9. The van der Waals surface area contributed by atoms with Gasteiger partial charge in [-0.1, -0.05) is 91.5 Å². The van der Waals surface area contributed by atoms with Gasteiger partial charge in [0, 0.05) is 16.4 Å². The zero-order chi connectivity index (χ0) is 29.1. The Bertz CT molecular complexity index is 1460. The number of hydrogen-bond acceptors (Lipinski definition) is 4. The van der Waals surface area contributed by atoms with Gasteiger partial charge in [0.2, 0.25) is 0 Å². The van der Waals surface area contributed by atoms with Crippen molar-refractivity contribution in [3.63, 3.8) is 0 Å². The molecule has 0 N–H and O–H groups in total. The molecule has 0 atom stereocenters. The summed E-state index contributed by atoms with van der Waals surface area (Å²) in [6, 6.07) is 18.5. The van der Waals surface area contributed by atoms with Gasteiger partial charge in [-0.15, -0.1) is 0 Å². The quantitative estimate of drug-likeness (QED) is 0.172. The van der Waals surface area contributed by atoms with Crippen LogP contribution in [0.15, 0.2) is 103 Å². The number of aliphatic carboxylic acids is 1. The van der Waals surface area contributed by atoms with Gasteiger partial charge in [-0.2, -0.15) is 12.6 Å². The first kappa shape index (κ1) is 34.9. The van der Waals surface area contributed by atoms with Gasteiger partial charge in [-0.05, 0) is 103 Å². The van der Waals surface area contributed by atoms with Crippen molar-refractivity contribution in [1.29, 1.82) is 0 Å². The number of benzene rings is 2. The Balaban J connectivity index is 0.000000501. The second-order valence-electron chi connectivity index (χ2n) is 10.3. The van der Waals surface area contributed by atoms with Crippen LogP contribution in [0.25, 0.3) is 23.1 Å². The van der Waals surface area contributed by atoms with Gasteiger partial charge in [0.25, 0.3) is 0 Å². The summed E-state index contributed by atoms with van der Waals surface area (Å²) in [4.78, 5) is 14.8. The molecule has 1 aromatic heterocycles. The zero-order valence-corrected chi connectivity index (χ0v) is 27.8. The molecule has 1 fully saturated rings. The van der Waals surface area contributed by atoms with E-state index in [9.17, 15) is 9.90 Å². The molecule has 1 aliphatic rings. The molecule has 3 aromatic rings. The van der Waals surface area contributed by atoms with Gasteiger partial charge in [0.15, 0.2) is 0 Å². The predicted molar refractivity (Wildman–Crippen MR) is 172 cm³/mol. The molecule has 0 bridgehead atoms. The van der Waals surface area contributed by atoms with E-state index in [1.54, 1.807) is 0 Å². The first-order valence-electron chi connectivity index (χ1n) is 13.5. The maximum absolute atomic E-state index is 10.1. The topological polar surface area (TPSA) is 53.0 Å². The number of halogens is 1. The van der Waals surface area contributed by atoms with E-state index in [4.69, 9.17) is 11.6 Å². The molecular formula is C35H37ClNNaO2S. The normalized spacial score (nSPS) is 13.8. The monoisotopic (exact) mass is 593 g/mol. The summed E-state index contributed by atoms with van der Waals surface area (Å²) in [5, 5.41) is 11.9. The van der Waals surface area contributed by atoms with Crippen molar-refractivity contribution in [1.82, 2.24) is 4.98 Å². The van der Waals surface area contributed by atoms with E-state index in [1.165, 1.54) is 16.7 Å². The Hall–Kier alpha value is -2.34. The molecule has 41 heavy (non-hydrogen) atoms. The molecule has 0 amide bonds. The smallest absolute Gasteiger partial charge is 0.550 e. The summed E-state index contributed by atoms with van der Waals surface area (Å²) in [6.07, 6.45) is 13.2. The van der Waals surface area contributed by atoms with E-state index in [-0.39, 0.29) is 41.4 Å². The van der Waals surface area contributed by atoms with Crippen molar-refractivity contribution in [2.45, 2.75) is 45.4 Å². The Kier molecular flexibility index (Phi) is 14.4. The molecule has 0 spiro atoms. The van der Waals surface area contributed by atoms with Crippen molar-refractivity contribution in [3.05, 3.63) is 125 Å². The molecular weight excluding hydrogens is 557 g/mol.